The molecule has 21 heavy (non-hydrogen) atoms. The van der Waals surface area contributed by atoms with E-state index in [1.807, 2.05) is 13.0 Å². The Morgan fingerprint density at radius 1 is 1.29 bits per heavy atom. The summed E-state index contributed by atoms with van der Waals surface area (Å²) in [7, 11) is 1.64. The van der Waals surface area contributed by atoms with Gasteiger partial charge in [0, 0.05) is 38.3 Å². The number of aryl methyl sites for hydroxylation is 1. The molecule has 1 aromatic rings. The van der Waals surface area contributed by atoms with Crippen molar-refractivity contribution in [1.82, 2.24) is 14.9 Å². The lowest BCUT2D eigenvalue weighted by Gasteiger charge is -2.39. The lowest BCUT2D eigenvalue weighted by atomic mass is 10.1. The van der Waals surface area contributed by atoms with Crippen LogP contribution in [0.15, 0.2) is 6.07 Å². The third-order valence-corrected chi connectivity index (χ3v) is 4.14. The molecule has 1 aliphatic heterocycles. The molecule has 0 aromatic carbocycles. The number of hydrogen-bond acceptors (Lipinski definition) is 6. The number of hydrogen-bond donors (Lipinski definition) is 1. The smallest absolute Gasteiger partial charge is 0.218 e. The number of anilines is 1. The largest absolute Gasteiger partial charge is 0.481 e. The molecule has 1 unspecified atom stereocenters. The molecule has 2 N–H and O–H groups in total. The first-order chi connectivity index (χ1) is 10.2. The van der Waals surface area contributed by atoms with Gasteiger partial charge in [0.1, 0.15) is 11.6 Å². The van der Waals surface area contributed by atoms with E-state index >= 15 is 0 Å². The standard InChI is InChI=1S/C15H27N5O/c1-4-13(5-6-16)19-7-9-20(10-8-19)14-11-15(21-3)18-12(2)17-14/h11,13H,4-10,16H2,1-3H3. The zero-order chi connectivity index (χ0) is 15.2. The quantitative estimate of drug-likeness (QED) is 0.845. The Morgan fingerprint density at radius 3 is 2.57 bits per heavy atom. The Balaban J connectivity index is 1.99. The predicted octanol–water partition coefficient (Wildman–Crippen LogP) is 1.04. The van der Waals surface area contributed by atoms with E-state index in [-0.39, 0.29) is 0 Å². The molecule has 1 aliphatic rings. The van der Waals surface area contributed by atoms with E-state index < -0.39 is 0 Å². The predicted molar refractivity (Wildman–Crippen MR) is 84.9 cm³/mol. The van der Waals surface area contributed by atoms with Gasteiger partial charge in [-0.05, 0) is 26.3 Å². The van der Waals surface area contributed by atoms with E-state index in [1.165, 1.54) is 0 Å². The number of aromatic nitrogens is 2. The van der Waals surface area contributed by atoms with E-state index in [4.69, 9.17) is 10.5 Å². The maximum atomic E-state index is 5.71. The Morgan fingerprint density at radius 2 is 2.00 bits per heavy atom. The van der Waals surface area contributed by atoms with Crippen LogP contribution in [-0.2, 0) is 0 Å². The summed E-state index contributed by atoms with van der Waals surface area (Å²) in [5, 5.41) is 0. The van der Waals surface area contributed by atoms with E-state index in [1.54, 1.807) is 7.11 Å². The number of methoxy groups -OCH3 is 1. The second kappa shape index (κ2) is 7.56. The number of piperazine rings is 1. The van der Waals surface area contributed by atoms with Gasteiger partial charge in [-0.2, -0.15) is 4.98 Å². The highest BCUT2D eigenvalue weighted by molar-refractivity contribution is 5.42. The average molecular weight is 293 g/mol. The summed E-state index contributed by atoms with van der Waals surface area (Å²) in [5.41, 5.74) is 5.71. The van der Waals surface area contributed by atoms with E-state index in [2.05, 4.69) is 26.7 Å². The molecule has 0 aliphatic carbocycles. The third-order valence-electron chi connectivity index (χ3n) is 4.14. The van der Waals surface area contributed by atoms with Gasteiger partial charge in [0.05, 0.1) is 7.11 Å². The molecule has 2 rings (SSSR count). The highest BCUT2D eigenvalue weighted by Crippen LogP contribution is 2.20. The molecule has 0 radical (unpaired) electrons. The van der Waals surface area contributed by atoms with Crippen LogP contribution in [0.1, 0.15) is 25.6 Å². The van der Waals surface area contributed by atoms with Crippen molar-refractivity contribution >= 4 is 5.82 Å². The summed E-state index contributed by atoms with van der Waals surface area (Å²) in [4.78, 5) is 13.6. The first-order valence-corrected chi connectivity index (χ1v) is 7.76. The van der Waals surface area contributed by atoms with Crippen molar-refractivity contribution in [2.75, 3.05) is 44.7 Å². The molecule has 1 saturated heterocycles. The van der Waals surface area contributed by atoms with Crippen molar-refractivity contribution in [2.24, 2.45) is 5.73 Å². The van der Waals surface area contributed by atoms with E-state index in [0.717, 1.165) is 57.2 Å². The Kier molecular flexibility index (Phi) is 5.76. The van der Waals surface area contributed by atoms with Gasteiger partial charge >= 0.3 is 0 Å². The monoisotopic (exact) mass is 293 g/mol. The van der Waals surface area contributed by atoms with Crippen LogP contribution in [0.4, 0.5) is 5.82 Å². The van der Waals surface area contributed by atoms with Crippen molar-refractivity contribution < 1.29 is 4.74 Å². The number of nitrogens with zero attached hydrogens (tertiary/aromatic N) is 4. The number of rotatable bonds is 6. The second-order valence-corrected chi connectivity index (χ2v) is 5.48. The fourth-order valence-corrected chi connectivity index (χ4v) is 2.95. The summed E-state index contributed by atoms with van der Waals surface area (Å²) in [6.45, 7) is 9.00. The minimum atomic E-state index is 0.610. The van der Waals surface area contributed by atoms with Crippen LogP contribution < -0.4 is 15.4 Å². The van der Waals surface area contributed by atoms with Crippen molar-refractivity contribution in [2.45, 2.75) is 32.7 Å². The van der Waals surface area contributed by atoms with Crippen molar-refractivity contribution in [3.05, 3.63) is 11.9 Å². The van der Waals surface area contributed by atoms with Gasteiger partial charge in [-0.1, -0.05) is 6.92 Å². The molecule has 6 nitrogen and oxygen atoms in total. The van der Waals surface area contributed by atoms with E-state index in [9.17, 15) is 0 Å². The summed E-state index contributed by atoms with van der Waals surface area (Å²) in [5.74, 6) is 2.35. The minimum Gasteiger partial charge on any atom is -0.481 e. The topological polar surface area (TPSA) is 67.5 Å². The fourth-order valence-electron chi connectivity index (χ4n) is 2.95. The third kappa shape index (κ3) is 4.04. The van der Waals surface area contributed by atoms with Crippen LogP contribution in [0.5, 0.6) is 5.88 Å². The Labute approximate surface area is 127 Å². The van der Waals surface area contributed by atoms with E-state index in [0.29, 0.717) is 11.9 Å². The number of ether oxygens (including phenoxy) is 1. The second-order valence-electron chi connectivity index (χ2n) is 5.48. The SMILES string of the molecule is CCC(CCN)N1CCN(c2cc(OC)nc(C)n2)CC1. The molecule has 0 bridgehead atoms. The first kappa shape index (κ1) is 16.0. The highest BCUT2D eigenvalue weighted by Gasteiger charge is 2.23. The molecule has 6 heteroatoms. The zero-order valence-corrected chi connectivity index (χ0v) is 13.4. The van der Waals surface area contributed by atoms with Crippen LogP contribution in [0.3, 0.4) is 0 Å². The van der Waals surface area contributed by atoms with Gasteiger partial charge < -0.3 is 15.4 Å². The molecule has 0 amide bonds. The first-order valence-electron chi connectivity index (χ1n) is 7.76. The molecule has 1 atom stereocenters. The molecule has 1 aromatic heterocycles. The van der Waals surface area contributed by atoms with Crippen molar-refractivity contribution in [3.63, 3.8) is 0 Å². The van der Waals surface area contributed by atoms with Crippen LogP contribution in [0.25, 0.3) is 0 Å². The maximum Gasteiger partial charge on any atom is 0.218 e. The maximum absolute atomic E-state index is 5.71. The van der Waals surface area contributed by atoms with Gasteiger partial charge in [-0.3, -0.25) is 4.90 Å². The summed E-state index contributed by atoms with van der Waals surface area (Å²) in [6.07, 6.45) is 2.24. The van der Waals surface area contributed by atoms with Crippen LogP contribution in [0.2, 0.25) is 0 Å². The highest BCUT2D eigenvalue weighted by atomic mass is 16.5. The molecule has 0 saturated carbocycles. The molecule has 0 spiro atoms. The summed E-state index contributed by atoms with van der Waals surface area (Å²) >= 11 is 0. The van der Waals surface area contributed by atoms with Crippen LogP contribution in [-0.4, -0.2) is 60.7 Å². The summed E-state index contributed by atoms with van der Waals surface area (Å²) < 4.78 is 5.23. The van der Waals surface area contributed by atoms with Crippen molar-refractivity contribution in [3.8, 4) is 5.88 Å². The molecular formula is C15H27N5O. The van der Waals surface area contributed by atoms with Crippen LogP contribution in [0, 0.1) is 6.92 Å². The lowest BCUT2D eigenvalue weighted by molar-refractivity contribution is 0.173. The van der Waals surface area contributed by atoms with Gasteiger partial charge in [0.15, 0.2) is 0 Å². The summed E-state index contributed by atoms with van der Waals surface area (Å²) in [6, 6.07) is 2.53. The Hall–Kier alpha value is -1.40. The molecule has 1 fully saturated rings. The normalized spacial score (nSPS) is 17.8. The Bertz CT molecular complexity index is 446. The number of nitrogens with two attached hydrogens (primary N) is 1. The molecule has 2 heterocycles. The van der Waals surface area contributed by atoms with Gasteiger partial charge in [-0.25, -0.2) is 4.98 Å². The van der Waals surface area contributed by atoms with Gasteiger partial charge in [-0.15, -0.1) is 0 Å². The average Bonchev–Trinajstić information content (AvgIpc) is 2.52. The lowest BCUT2D eigenvalue weighted by Crippen LogP contribution is -2.51. The van der Waals surface area contributed by atoms with Gasteiger partial charge in [0.25, 0.3) is 0 Å². The molecular weight excluding hydrogens is 266 g/mol. The van der Waals surface area contributed by atoms with Crippen molar-refractivity contribution in [1.29, 1.82) is 0 Å². The van der Waals surface area contributed by atoms with Gasteiger partial charge in [0.2, 0.25) is 5.88 Å². The van der Waals surface area contributed by atoms with Crippen LogP contribution >= 0.6 is 0 Å². The zero-order valence-electron chi connectivity index (χ0n) is 13.4. The molecule has 118 valence electrons. The fraction of sp³-hybridized carbons (Fsp3) is 0.733. The minimum absolute atomic E-state index is 0.610.